The van der Waals surface area contributed by atoms with Gasteiger partial charge in [0.1, 0.15) is 11.5 Å². The monoisotopic (exact) mass is 266 g/mol. The van der Waals surface area contributed by atoms with Gasteiger partial charge in [0.25, 0.3) is 5.91 Å². The van der Waals surface area contributed by atoms with E-state index < -0.39 is 17.7 Å². The van der Waals surface area contributed by atoms with Gasteiger partial charge in [-0.05, 0) is 19.1 Å². The molecule has 0 saturated carbocycles. The van der Waals surface area contributed by atoms with Crippen LogP contribution >= 0.6 is 0 Å². The van der Waals surface area contributed by atoms with E-state index in [-0.39, 0.29) is 11.4 Å². The number of anilines is 1. The minimum atomic E-state index is -0.704. The van der Waals surface area contributed by atoms with E-state index in [1.54, 1.807) is 13.0 Å². The van der Waals surface area contributed by atoms with E-state index in [0.29, 0.717) is 6.54 Å². The number of rotatable bonds is 5. The minimum absolute atomic E-state index is 0.0844. The first kappa shape index (κ1) is 14.7. The molecule has 1 amide bonds. The average molecular weight is 266 g/mol. The SMILES string of the molecule is CCNC(=O)/C(=C/C(=O)OC)Nc1ccccc1F. The van der Waals surface area contributed by atoms with Crippen molar-refractivity contribution in [2.75, 3.05) is 19.0 Å². The fourth-order valence-corrected chi connectivity index (χ4v) is 1.30. The topological polar surface area (TPSA) is 67.4 Å². The highest BCUT2D eigenvalue weighted by Crippen LogP contribution is 2.15. The van der Waals surface area contributed by atoms with E-state index in [2.05, 4.69) is 15.4 Å². The molecule has 0 saturated heterocycles. The molecule has 6 heteroatoms. The van der Waals surface area contributed by atoms with Crippen molar-refractivity contribution in [2.45, 2.75) is 6.92 Å². The molecule has 5 nitrogen and oxygen atoms in total. The first-order valence-electron chi connectivity index (χ1n) is 5.67. The number of carbonyl (C=O) groups is 2. The summed E-state index contributed by atoms with van der Waals surface area (Å²) in [4.78, 5) is 22.9. The first-order chi connectivity index (χ1) is 9.08. The summed E-state index contributed by atoms with van der Waals surface area (Å²) in [7, 11) is 1.19. The number of carbonyl (C=O) groups excluding carboxylic acids is 2. The molecule has 1 rings (SSSR count). The van der Waals surface area contributed by atoms with Gasteiger partial charge in [0.05, 0.1) is 18.9 Å². The van der Waals surface area contributed by atoms with Crippen molar-refractivity contribution in [3.8, 4) is 0 Å². The second kappa shape index (κ2) is 7.15. The Kier molecular flexibility index (Phi) is 5.53. The number of esters is 1. The Balaban J connectivity index is 2.98. The maximum atomic E-state index is 13.5. The van der Waals surface area contributed by atoms with Crippen molar-refractivity contribution in [1.29, 1.82) is 0 Å². The van der Waals surface area contributed by atoms with Crippen LogP contribution in [0.5, 0.6) is 0 Å². The van der Waals surface area contributed by atoms with Gasteiger partial charge in [-0.2, -0.15) is 0 Å². The number of hydrogen-bond acceptors (Lipinski definition) is 4. The van der Waals surface area contributed by atoms with Crippen LogP contribution in [-0.4, -0.2) is 25.5 Å². The molecule has 0 radical (unpaired) electrons. The van der Waals surface area contributed by atoms with Crippen molar-refractivity contribution >= 4 is 17.6 Å². The molecule has 0 aliphatic rings. The van der Waals surface area contributed by atoms with Crippen LogP contribution in [0.2, 0.25) is 0 Å². The summed E-state index contributed by atoms with van der Waals surface area (Å²) in [5.41, 5.74) is 0.0164. The lowest BCUT2D eigenvalue weighted by Gasteiger charge is -2.11. The lowest BCUT2D eigenvalue weighted by molar-refractivity contribution is -0.135. The van der Waals surface area contributed by atoms with Crippen LogP contribution in [0.15, 0.2) is 36.0 Å². The summed E-state index contributed by atoms with van der Waals surface area (Å²) in [6.07, 6.45) is 0.970. The standard InChI is InChI=1S/C13H15FN2O3/c1-3-15-13(18)11(8-12(17)19-2)16-10-7-5-4-6-9(10)14/h4-8,16H,3H2,1-2H3,(H,15,18)/b11-8-. The van der Waals surface area contributed by atoms with Gasteiger partial charge >= 0.3 is 5.97 Å². The Morgan fingerprint density at radius 2 is 2.05 bits per heavy atom. The third-order valence-corrected chi connectivity index (χ3v) is 2.19. The van der Waals surface area contributed by atoms with Gasteiger partial charge in [0, 0.05) is 6.54 Å². The highest BCUT2D eigenvalue weighted by Gasteiger charge is 2.13. The molecule has 19 heavy (non-hydrogen) atoms. The molecule has 0 aliphatic heterocycles. The fraction of sp³-hybridized carbons (Fsp3) is 0.231. The maximum absolute atomic E-state index is 13.5. The molecule has 0 heterocycles. The van der Waals surface area contributed by atoms with Crippen LogP contribution in [0, 0.1) is 5.82 Å². The molecule has 0 aliphatic carbocycles. The molecular weight excluding hydrogens is 251 g/mol. The number of benzene rings is 1. The van der Waals surface area contributed by atoms with Gasteiger partial charge in [-0.25, -0.2) is 9.18 Å². The van der Waals surface area contributed by atoms with Gasteiger partial charge in [-0.3, -0.25) is 4.79 Å². The first-order valence-corrected chi connectivity index (χ1v) is 5.67. The van der Waals surface area contributed by atoms with Crippen molar-refractivity contribution in [2.24, 2.45) is 0 Å². The molecular formula is C13H15FN2O3. The second-order valence-electron chi connectivity index (χ2n) is 3.55. The van der Waals surface area contributed by atoms with E-state index in [1.807, 2.05) is 0 Å². The number of ether oxygens (including phenoxy) is 1. The molecule has 0 fully saturated rings. The van der Waals surface area contributed by atoms with Gasteiger partial charge in [0.2, 0.25) is 0 Å². The van der Waals surface area contributed by atoms with Crippen LogP contribution < -0.4 is 10.6 Å². The summed E-state index contributed by atoms with van der Waals surface area (Å²) in [6, 6.07) is 5.84. The molecule has 1 aromatic carbocycles. The molecule has 0 aromatic heterocycles. The number of nitrogens with one attached hydrogen (secondary N) is 2. The van der Waals surface area contributed by atoms with E-state index in [4.69, 9.17) is 0 Å². The highest BCUT2D eigenvalue weighted by atomic mass is 19.1. The fourth-order valence-electron chi connectivity index (χ4n) is 1.30. The molecule has 102 valence electrons. The zero-order valence-corrected chi connectivity index (χ0v) is 10.7. The van der Waals surface area contributed by atoms with Gasteiger partial charge < -0.3 is 15.4 Å². The quantitative estimate of drug-likeness (QED) is 0.625. The van der Waals surface area contributed by atoms with Crippen molar-refractivity contribution in [3.63, 3.8) is 0 Å². The Morgan fingerprint density at radius 3 is 2.63 bits per heavy atom. The van der Waals surface area contributed by atoms with Crippen LogP contribution in [-0.2, 0) is 14.3 Å². The molecule has 0 spiro atoms. The Labute approximate surface area is 110 Å². The molecule has 0 atom stereocenters. The van der Waals surface area contributed by atoms with Crippen LogP contribution in [0.3, 0.4) is 0 Å². The third kappa shape index (κ3) is 4.42. The second-order valence-corrected chi connectivity index (χ2v) is 3.55. The van der Waals surface area contributed by atoms with Gasteiger partial charge in [-0.1, -0.05) is 12.1 Å². The number of para-hydroxylation sites is 1. The van der Waals surface area contributed by atoms with Gasteiger partial charge in [0.15, 0.2) is 0 Å². The molecule has 2 N–H and O–H groups in total. The van der Waals surface area contributed by atoms with Gasteiger partial charge in [-0.15, -0.1) is 0 Å². The Morgan fingerprint density at radius 1 is 1.37 bits per heavy atom. The largest absolute Gasteiger partial charge is 0.466 e. The van der Waals surface area contributed by atoms with Crippen molar-refractivity contribution in [1.82, 2.24) is 5.32 Å². The molecule has 0 bridgehead atoms. The summed E-state index contributed by atoms with van der Waals surface area (Å²) in [6.45, 7) is 2.12. The number of methoxy groups -OCH3 is 1. The van der Waals surface area contributed by atoms with E-state index in [9.17, 15) is 14.0 Å². The lowest BCUT2D eigenvalue weighted by Crippen LogP contribution is -2.28. The summed E-state index contributed by atoms with van der Waals surface area (Å²) in [5, 5.41) is 5.09. The minimum Gasteiger partial charge on any atom is -0.466 e. The Hall–Kier alpha value is -2.37. The zero-order valence-electron chi connectivity index (χ0n) is 10.7. The third-order valence-electron chi connectivity index (χ3n) is 2.19. The van der Waals surface area contributed by atoms with E-state index >= 15 is 0 Å². The maximum Gasteiger partial charge on any atom is 0.332 e. The van der Waals surface area contributed by atoms with Crippen molar-refractivity contribution < 1.29 is 18.7 Å². The summed E-state index contributed by atoms with van der Waals surface area (Å²) in [5.74, 6) is -1.75. The van der Waals surface area contributed by atoms with E-state index in [0.717, 1.165) is 6.08 Å². The van der Waals surface area contributed by atoms with Crippen LogP contribution in [0.25, 0.3) is 0 Å². The average Bonchev–Trinajstić information content (AvgIpc) is 2.40. The van der Waals surface area contributed by atoms with Crippen LogP contribution in [0.4, 0.5) is 10.1 Å². The summed E-state index contributed by atoms with van der Waals surface area (Å²) < 4.78 is 17.9. The van der Waals surface area contributed by atoms with E-state index in [1.165, 1.54) is 25.3 Å². The number of hydrogen-bond donors (Lipinski definition) is 2. The predicted octanol–water partition coefficient (Wildman–Crippen LogP) is 1.43. The van der Waals surface area contributed by atoms with Crippen LogP contribution in [0.1, 0.15) is 6.92 Å². The number of halogens is 1. The normalized spacial score (nSPS) is 10.8. The molecule has 0 unspecified atom stereocenters. The zero-order chi connectivity index (χ0) is 14.3. The lowest BCUT2D eigenvalue weighted by atomic mass is 10.2. The van der Waals surface area contributed by atoms with Crippen molar-refractivity contribution in [3.05, 3.63) is 41.9 Å². The number of amides is 1. The smallest absolute Gasteiger partial charge is 0.332 e. The Bertz CT molecular complexity index is 500. The summed E-state index contributed by atoms with van der Waals surface area (Å²) >= 11 is 0. The molecule has 1 aromatic rings. The highest BCUT2D eigenvalue weighted by molar-refractivity contribution is 6.01. The predicted molar refractivity (Wildman–Crippen MR) is 68.8 cm³/mol. The number of likely N-dealkylation sites (N-methyl/N-ethyl adjacent to an activating group) is 1.